The quantitative estimate of drug-likeness (QED) is 0.727. The van der Waals surface area contributed by atoms with E-state index >= 15 is 0 Å². The molecule has 5 heteroatoms. The molecule has 0 unspecified atom stereocenters. The summed E-state index contributed by atoms with van der Waals surface area (Å²) in [5.74, 6) is -0.0244. The Morgan fingerprint density at radius 1 is 1.26 bits per heavy atom. The highest BCUT2D eigenvalue weighted by Crippen LogP contribution is 2.19. The number of halogens is 1. The van der Waals surface area contributed by atoms with E-state index in [2.05, 4.69) is 4.98 Å². The van der Waals surface area contributed by atoms with Crippen molar-refractivity contribution in [2.75, 3.05) is 6.54 Å². The molecule has 0 saturated heterocycles. The number of hydrogen-bond donors (Lipinski definition) is 0. The lowest BCUT2D eigenvalue weighted by atomic mass is 10.2. The number of carbonyl (C=O) groups excluding carboxylic acids is 1. The Morgan fingerprint density at radius 2 is 2.00 bits per heavy atom. The molecule has 23 heavy (non-hydrogen) atoms. The van der Waals surface area contributed by atoms with Gasteiger partial charge in [0, 0.05) is 30.4 Å². The fourth-order valence-electron chi connectivity index (χ4n) is 2.68. The van der Waals surface area contributed by atoms with Gasteiger partial charge >= 0.3 is 0 Å². The Morgan fingerprint density at radius 3 is 2.70 bits per heavy atom. The van der Waals surface area contributed by atoms with E-state index in [0.29, 0.717) is 35.1 Å². The molecule has 3 rings (SSSR count). The average Bonchev–Trinajstić information content (AvgIpc) is 2.87. The minimum absolute atomic E-state index is 0.0244. The van der Waals surface area contributed by atoms with Gasteiger partial charge in [-0.25, -0.2) is 4.98 Å². The third-order valence-electron chi connectivity index (χ3n) is 3.85. The predicted molar refractivity (Wildman–Crippen MR) is 91.8 cm³/mol. The van der Waals surface area contributed by atoms with Gasteiger partial charge < -0.3 is 4.90 Å². The van der Waals surface area contributed by atoms with Crippen LogP contribution in [0, 0.1) is 6.92 Å². The van der Waals surface area contributed by atoms with Crippen LogP contribution in [0.5, 0.6) is 0 Å². The maximum atomic E-state index is 13.0. The highest BCUT2D eigenvalue weighted by Gasteiger charge is 2.21. The first-order chi connectivity index (χ1) is 11.1. The first-order valence-corrected chi connectivity index (χ1v) is 7.95. The zero-order valence-corrected chi connectivity index (χ0v) is 13.9. The SMILES string of the molecule is CCN(Cc1ccccc1)C(=O)c1c(C)nc2cc(Cl)ccn12. The van der Waals surface area contributed by atoms with Gasteiger partial charge in [-0.1, -0.05) is 41.9 Å². The van der Waals surface area contributed by atoms with Gasteiger partial charge in [0.1, 0.15) is 11.3 Å². The van der Waals surface area contributed by atoms with Crippen LogP contribution in [0.2, 0.25) is 5.02 Å². The molecule has 4 nitrogen and oxygen atoms in total. The number of amides is 1. The Kier molecular flexibility index (Phi) is 4.35. The maximum absolute atomic E-state index is 13.0. The smallest absolute Gasteiger partial charge is 0.273 e. The van der Waals surface area contributed by atoms with Crippen LogP contribution in [0.25, 0.3) is 5.65 Å². The molecule has 1 aromatic carbocycles. The number of benzene rings is 1. The van der Waals surface area contributed by atoms with Crippen LogP contribution in [-0.4, -0.2) is 26.7 Å². The summed E-state index contributed by atoms with van der Waals surface area (Å²) in [6.07, 6.45) is 1.79. The minimum Gasteiger partial charge on any atom is -0.333 e. The summed E-state index contributed by atoms with van der Waals surface area (Å²) in [6.45, 7) is 5.05. The van der Waals surface area contributed by atoms with E-state index in [0.717, 1.165) is 5.56 Å². The Bertz CT molecular complexity index is 842. The number of aryl methyl sites for hydroxylation is 1. The van der Waals surface area contributed by atoms with Gasteiger partial charge in [0.25, 0.3) is 5.91 Å². The number of aromatic nitrogens is 2. The van der Waals surface area contributed by atoms with Crippen molar-refractivity contribution in [2.24, 2.45) is 0 Å². The van der Waals surface area contributed by atoms with E-state index in [9.17, 15) is 4.79 Å². The third-order valence-corrected chi connectivity index (χ3v) is 4.09. The van der Waals surface area contributed by atoms with Gasteiger partial charge in [-0.05, 0) is 25.5 Å². The normalized spacial score (nSPS) is 10.9. The standard InChI is InChI=1S/C18H18ClN3O/c1-3-21(12-14-7-5-4-6-8-14)18(23)17-13(2)20-16-11-15(19)9-10-22(16)17/h4-11H,3,12H2,1-2H3. The molecule has 0 radical (unpaired) electrons. The Hall–Kier alpha value is -2.33. The summed E-state index contributed by atoms with van der Waals surface area (Å²) >= 11 is 6.01. The first kappa shape index (κ1) is 15.6. The summed E-state index contributed by atoms with van der Waals surface area (Å²) in [5.41, 5.74) is 3.10. The molecule has 0 bridgehead atoms. The summed E-state index contributed by atoms with van der Waals surface area (Å²) < 4.78 is 1.80. The molecule has 1 amide bonds. The van der Waals surface area contributed by atoms with Crippen molar-refractivity contribution in [3.8, 4) is 0 Å². The second-order valence-electron chi connectivity index (χ2n) is 5.42. The molecule has 0 saturated carbocycles. The molecule has 3 aromatic rings. The van der Waals surface area contributed by atoms with Crippen molar-refractivity contribution in [1.29, 1.82) is 0 Å². The number of nitrogens with zero attached hydrogens (tertiary/aromatic N) is 3. The second-order valence-corrected chi connectivity index (χ2v) is 5.86. The number of pyridine rings is 1. The third kappa shape index (κ3) is 3.08. The summed E-state index contributed by atoms with van der Waals surface area (Å²) in [5, 5.41) is 0.609. The molecule has 0 aliphatic heterocycles. The topological polar surface area (TPSA) is 37.6 Å². The van der Waals surface area contributed by atoms with Crippen LogP contribution in [0.3, 0.4) is 0 Å². The molecule has 2 heterocycles. The van der Waals surface area contributed by atoms with E-state index < -0.39 is 0 Å². The largest absolute Gasteiger partial charge is 0.333 e. The van der Waals surface area contributed by atoms with E-state index in [1.165, 1.54) is 0 Å². The number of fused-ring (bicyclic) bond motifs is 1. The molecule has 0 fully saturated rings. The van der Waals surface area contributed by atoms with Crippen LogP contribution in [0.1, 0.15) is 28.7 Å². The van der Waals surface area contributed by atoms with E-state index in [1.54, 1.807) is 22.7 Å². The molecule has 118 valence electrons. The number of carbonyl (C=O) groups is 1. The van der Waals surface area contributed by atoms with Crippen LogP contribution >= 0.6 is 11.6 Å². The molecule has 0 spiro atoms. The Labute approximate surface area is 140 Å². The van der Waals surface area contributed by atoms with E-state index in [4.69, 9.17) is 11.6 Å². The molecular formula is C18H18ClN3O. The van der Waals surface area contributed by atoms with Gasteiger partial charge in [0.2, 0.25) is 0 Å². The Balaban J connectivity index is 1.96. The predicted octanol–water partition coefficient (Wildman–Crippen LogP) is 3.96. The lowest BCUT2D eigenvalue weighted by Crippen LogP contribution is -2.31. The fourth-order valence-corrected chi connectivity index (χ4v) is 2.83. The monoisotopic (exact) mass is 327 g/mol. The lowest BCUT2D eigenvalue weighted by molar-refractivity contribution is 0.0745. The van der Waals surface area contributed by atoms with Gasteiger partial charge in [0.15, 0.2) is 0 Å². The van der Waals surface area contributed by atoms with Gasteiger partial charge in [-0.3, -0.25) is 9.20 Å². The van der Waals surface area contributed by atoms with Crippen LogP contribution < -0.4 is 0 Å². The van der Waals surface area contributed by atoms with Crippen LogP contribution in [-0.2, 0) is 6.54 Å². The van der Waals surface area contributed by atoms with Crippen LogP contribution in [0.15, 0.2) is 48.7 Å². The molecule has 0 aliphatic carbocycles. The number of rotatable bonds is 4. The van der Waals surface area contributed by atoms with E-state index in [-0.39, 0.29) is 5.91 Å². The highest BCUT2D eigenvalue weighted by atomic mass is 35.5. The summed E-state index contributed by atoms with van der Waals surface area (Å²) in [4.78, 5) is 19.3. The van der Waals surface area contributed by atoms with Gasteiger partial charge in [-0.2, -0.15) is 0 Å². The molecule has 0 atom stereocenters. The van der Waals surface area contributed by atoms with Crippen LogP contribution in [0.4, 0.5) is 0 Å². The number of imidazole rings is 1. The summed E-state index contributed by atoms with van der Waals surface area (Å²) in [6, 6.07) is 13.5. The highest BCUT2D eigenvalue weighted by molar-refractivity contribution is 6.30. The molecule has 2 aromatic heterocycles. The first-order valence-electron chi connectivity index (χ1n) is 7.57. The minimum atomic E-state index is -0.0244. The zero-order valence-electron chi connectivity index (χ0n) is 13.2. The van der Waals surface area contributed by atoms with Crippen molar-refractivity contribution in [3.05, 3.63) is 70.6 Å². The number of hydrogen-bond acceptors (Lipinski definition) is 2. The van der Waals surface area contributed by atoms with Crippen molar-refractivity contribution < 1.29 is 4.79 Å². The molecule has 0 aliphatic rings. The summed E-state index contributed by atoms with van der Waals surface area (Å²) in [7, 11) is 0. The van der Waals surface area contributed by atoms with Gasteiger partial charge in [-0.15, -0.1) is 0 Å². The second kappa shape index (κ2) is 6.42. The lowest BCUT2D eigenvalue weighted by Gasteiger charge is -2.21. The van der Waals surface area contributed by atoms with E-state index in [1.807, 2.05) is 49.1 Å². The van der Waals surface area contributed by atoms with Crippen molar-refractivity contribution >= 4 is 23.2 Å². The zero-order chi connectivity index (χ0) is 16.4. The van der Waals surface area contributed by atoms with Crippen molar-refractivity contribution in [2.45, 2.75) is 20.4 Å². The average molecular weight is 328 g/mol. The van der Waals surface area contributed by atoms with Crippen molar-refractivity contribution in [1.82, 2.24) is 14.3 Å². The van der Waals surface area contributed by atoms with Gasteiger partial charge in [0.05, 0.1) is 5.69 Å². The molecule has 0 N–H and O–H groups in total. The molecular weight excluding hydrogens is 310 g/mol. The fraction of sp³-hybridized carbons (Fsp3) is 0.222. The van der Waals surface area contributed by atoms with Crippen molar-refractivity contribution in [3.63, 3.8) is 0 Å². The maximum Gasteiger partial charge on any atom is 0.273 e.